The Hall–Kier alpha value is -0.820. The van der Waals surface area contributed by atoms with Gasteiger partial charge in [0.15, 0.2) is 0 Å². The third-order valence-corrected chi connectivity index (χ3v) is 5.27. The third-order valence-electron chi connectivity index (χ3n) is 5.27. The van der Waals surface area contributed by atoms with E-state index < -0.39 is 5.60 Å². The van der Waals surface area contributed by atoms with Crippen LogP contribution in [0.4, 0.5) is 0 Å². The molecule has 4 atom stereocenters. The first-order valence-corrected chi connectivity index (χ1v) is 7.28. The maximum Gasteiger partial charge on any atom is 0.0899 e. The number of aliphatic hydroxyl groups is 1. The summed E-state index contributed by atoms with van der Waals surface area (Å²) >= 11 is 0. The summed E-state index contributed by atoms with van der Waals surface area (Å²) in [6.45, 7) is 6.27. The van der Waals surface area contributed by atoms with Gasteiger partial charge in [0.1, 0.15) is 0 Å². The smallest absolute Gasteiger partial charge is 0.0899 e. The lowest BCUT2D eigenvalue weighted by Crippen LogP contribution is -2.35. The summed E-state index contributed by atoms with van der Waals surface area (Å²) in [5, 5.41) is 11.1. The SMILES string of the molecule is Cc1cc(C)cc(C(C)(O)C2CC3CCC2C3)c1. The van der Waals surface area contributed by atoms with Crippen molar-refractivity contribution in [3.63, 3.8) is 0 Å². The Labute approximate surface area is 110 Å². The second-order valence-electron chi connectivity index (χ2n) is 6.81. The molecule has 1 heteroatoms. The van der Waals surface area contributed by atoms with Gasteiger partial charge < -0.3 is 5.11 Å². The van der Waals surface area contributed by atoms with Gasteiger partial charge in [0.25, 0.3) is 0 Å². The zero-order valence-corrected chi connectivity index (χ0v) is 11.7. The fourth-order valence-electron chi connectivity index (χ4n) is 4.41. The fraction of sp³-hybridized carbons (Fsp3) is 0.647. The van der Waals surface area contributed by atoms with Gasteiger partial charge in [-0.05, 0) is 63.4 Å². The van der Waals surface area contributed by atoms with E-state index >= 15 is 0 Å². The maximum absolute atomic E-state index is 11.1. The van der Waals surface area contributed by atoms with E-state index in [0.29, 0.717) is 5.92 Å². The summed E-state index contributed by atoms with van der Waals surface area (Å²) in [7, 11) is 0. The van der Waals surface area contributed by atoms with Crippen LogP contribution < -0.4 is 0 Å². The van der Waals surface area contributed by atoms with E-state index in [2.05, 4.69) is 32.0 Å². The summed E-state index contributed by atoms with van der Waals surface area (Å²) in [5.74, 6) is 2.11. The van der Waals surface area contributed by atoms with Crippen molar-refractivity contribution in [2.75, 3.05) is 0 Å². The lowest BCUT2D eigenvalue weighted by molar-refractivity contribution is -0.0297. The van der Waals surface area contributed by atoms with Gasteiger partial charge in [0.2, 0.25) is 0 Å². The fourth-order valence-corrected chi connectivity index (χ4v) is 4.41. The van der Waals surface area contributed by atoms with Crippen molar-refractivity contribution in [2.24, 2.45) is 17.8 Å². The van der Waals surface area contributed by atoms with Gasteiger partial charge in [-0.3, -0.25) is 0 Å². The molecule has 2 fully saturated rings. The lowest BCUT2D eigenvalue weighted by atomic mass is 9.73. The van der Waals surface area contributed by atoms with Gasteiger partial charge in [-0.25, -0.2) is 0 Å². The van der Waals surface area contributed by atoms with Crippen molar-refractivity contribution in [1.29, 1.82) is 0 Å². The molecule has 2 bridgehead atoms. The molecule has 0 aromatic heterocycles. The molecule has 0 saturated heterocycles. The molecule has 0 heterocycles. The molecule has 3 rings (SSSR count). The van der Waals surface area contributed by atoms with E-state index in [0.717, 1.165) is 17.4 Å². The molecule has 0 radical (unpaired) electrons. The molecule has 98 valence electrons. The van der Waals surface area contributed by atoms with Crippen LogP contribution in [0.25, 0.3) is 0 Å². The van der Waals surface area contributed by atoms with Crippen LogP contribution in [-0.4, -0.2) is 5.11 Å². The minimum absolute atomic E-state index is 0.470. The Morgan fingerprint density at radius 1 is 1.06 bits per heavy atom. The lowest BCUT2D eigenvalue weighted by Gasteiger charge is -2.36. The van der Waals surface area contributed by atoms with Gasteiger partial charge in [0, 0.05) is 0 Å². The summed E-state index contributed by atoms with van der Waals surface area (Å²) in [6.07, 6.45) is 5.30. The predicted octanol–water partition coefficient (Wildman–Crippen LogP) is 3.95. The first-order valence-electron chi connectivity index (χ1n) is 7.28. The zero-order valence-electron chi connectivity index (χ0n) is 11.7. The average Bonchev–Trinajstić information content (AvgIpc) is 2.89. The highest BCUT2D eigenvalue weighted by atomic mass is 16.3. The van der Waals surface area contributed by atoms with Gasteiger partial charge in [-0.15, -0.1) is 0 Å². The number of hydrogen-bond acceptors (Lipinski definition) is 1. The van der Waals surface area contributed by atoms with Crippen molar-refractivity contribution < 1.29 is 5.11 Å². The molecule has 0 spiro atoms. The van der Waals surface area contributed by atoms with Crippen LogP contribution in [0.2, 0.25) is 0 Å². The van der Waals surface area contributed by atoms with Gasteiger partial charge in [-0.2, -0.15) is 0 Å². The molecule has 0 amide bonds. The van der Waals surface area contributed by atoms with Gasteiger partial charge in [0.05, 0.1) is 5.60 Å². The average molecular weight is 244 g/mol. The van der Waals surface area contributed by atoms with Crippen LogP contribution >= 0.6 is 0 Å². The highest BCUT2D eigenvalue weighted by Gasteiger charge is 2.48. The summed E-state index contributed by atoms with van der Waals surface area (Å²) in [6, 6.07) is 6.51. The maximum atomic E-state index is 11.1. The van der Waals surface area contributed by atoms with E-state index in [-0.39, 0.29) is 0 Å². The summed E-state index contributed by atoms with van der Waals surface area (Å²) in [4.78, 5) is 0. The second-order valence-corrected chi connectivity index (χ2v) is 6.81. The number of rotatable bonds is 2. The van der Waals surface area contributed by atoms with Gasteiger partial charge >= 0.3 is 0 Å². The molecule has 2 aliphatic carbocycles. The van der Waals surface area contributed by atoms with Crippen LogP contribution in [0.15, 0.2) is 18.2 Å². The number of aryl methyl sites for hydroxylation is 2. The minimum Gasteiger partial charge on any atom is -0.385 e. The topological polar surface area (TPSA) is 20.2 Å². The van der Waals surface area contributed by atoms with E-state index in [1.54, 1.807) is 0 Å². The van der Waals surface area contributed by atoms with Gasteiger partial charge in [-0.1, -0.05) is 35.7 Å². The first-order chi connectivity index (χ1) is 8.46. The minimum atomic E-state index is -0.642. The number of fused-ring (bicyclic) bond motifs is 2. The molecule has 2 aliphatic rings. The quantitative estimate of drug-likeness (QED) is 0.835. The van der Waals surface area contributed by atoms with E-state index in [1.165, 1.54) is 36.8 Å². The van der Waals surface area contributed by atoms with E-state index in [9.17, 15) is 5.11 Å². The molecule has 1 aromatic rings. The normalized spacial score (nSPS) is 33.7. The molecule has 0 aliphatic heterocycles. The van der Waals surface area contributed by atoms with Crippen molar-refractivity contribution in [2.45, 2.75) is 52.1 Å². The highest BCUT2D eigenvalue weighted by Crippen LogP contribution is 2.54. The molecule has 1 N–H and O–H groups in total. The highest BCUT2D eigenvalue weighted by molar-refractivity contribution is 5.33. The molecular weight excluding hydrogens is 220 g/mol. The number of hydrogen-bond donors (Lipinski definition) is 1. The predicted molar refractivity (Wildman–Crippen MR) is 74.4 cm³/mol. The molecule has 2 saturated carbocycles. The largest absolute Gasteiger partial charge is 0.385 e. The van der Waals surface area contributed by atoms with Crippen LogP contribution in [0.1, 0.15) is 49.3 Å². The van der Waals surface area contributed by atoms with Crippen LogP contribution in [0.3, 0.4) is 0 Å². The van der Waals surface area contributed by atoms with Crippen LogP contribution in [0.5, 0.6) is 0 Å². The Bertz CT molecular complexity index is 440. The Morgan fingerprint density at radius 2 is 1.72 bits per heavy atom. The standard InChI is InChI=1S/C17H24O/c1-11-6-12(2)8-15(7-11)17(3,18)16-10-13-4-5-14(16)9-13/h6-8,13-14,16,18H,4-5,9-10H2,1-3H3. The summed E-state index contributed by atoms with van der Waals surface area (Å²) in [5.41, 5.74) is 3.00. The number of benzene rings is 1. The van der Waals surface area contributed by atoms with E-state index in [1.807, 2.05) is 6.92 Å². The second kappa shape index (κ2) is 4.09. The van der Waals surface area contributed by atoms with E-state index in [4.69, 9.17) is 0 Å². The Balaban J connectivity index is 1.93. The molecular formula is C17H24O. The molecule has 4 unspecified atom stereocenters. The van der Waals surface area contributed by atoms with Crippen molar-refractivity contribution in [3.05, 3.63) is 34.9 Å². The molecule has 1 nitrogen and oxygen atoms in total. The Kier molecular flexibility index (Phi) is 2.78. The molecule has 1 aromatic carbocycles. The summed E-state index contributed by atoms with van der Waals surface area (Å²) < 4.78 is 0. The van der Waals surface area contributed by atoms with Crippen molar-refractivity contribution >= 4 is 0 Å². The van der Waals surface area contributed by atoms with Crippen LogP contribution in [0, 0.1) is 31.6 Å². The third kappa shape index (κ3) is 1.89. The molecule has 18 heavy (non-hydrogen) atoms. The monoisotopic (exact) mass is 244 g/mol. The first kappa shape index (κ1) is 12.2. The van der Waals surface area contributed by atoms with Crippen molar-refractivity contribution in [3.8, 4) is 0 Å². The van der Waals surface area contributed by atoms with Crippen LogP contribution in [-0.2, 0) is 5.60 Å². The van der Waals surface area contributed by atoms with Crippen molar-refractivity contribution in [1.82, 2.24) is 0 Å². The zero-order chi connectivity index (χ0) is 12.9. The Morgan fingerprint density at radius 3 is 2.22 bits per heavy atom.